The van der Waals surface area contributed by atoms with Crippen molar-refractivity contribution in [2.45, 2.75) is 6.17 Å². The van der Waals surface area contributed by atoms with Crippen LogP contribution in [0, 0.1) is 0 Å². The molecule has 1 unspecified atom stereocenters. The van der Waals surface area contributed by atoms with Gasteiger partial charge in [0.05, 0.1) is 22.4 Å². The third-order valence-corrected chi connectivity index (χ3v) is 9.78. The summed E-state index contributed by atoms with van der Waals surface area (Å²) in [5.74, 6) is 1.32. The van der Waals surface area contributed by atoms with Gasteiger partial charge in [-0.2, -0.15) is 4.99 Å². The molecule has 1 N–H and O–H groups in total. The van der Waals surface area contributed by atoms with Crippen LogP contribution in [0.4, 0.5) is 0 Å². The first-order valence-electron chi connectivity index (χ1n) is 17.1. The summed E-state index contributed by atoms with van der Waals surface area (Å²) in [7, 11) is 0. The monoisotopic (exact) mass is 657 g/mol. The summed E-state index contributed by atoms with van der Waals surface area (Å²) in [6, 6.07) is 54.4. The predicted octanol–water partition coefficient (Wildman–Crippen LogP) is 10.7. The summed E-state index contributed by atoms with van der Waals surface area (Å²) in [6.07, 6.45) is 1.60. The number of furan rings is 1. The Bertz CT molecular complexity index is 2850. The SMILES string of the molecule is C=Cc1c(-c2cc3ccccc3n2C2=NC(c3ccc4oc5ccccc5c4c3)=NC(c3ccccc3)N2)n(-c2ccccc2)c2ccccc12. The second kappa shape index (κ2) is 11.6. The van der Waals surface area contributed by atoms with Crippen molar-refractivity contribution in [1.82, 2.24) is 14.5 Å². The number of fused-ring (bicyclic) bond motifs is 5. The van der Waals surface area contributed by atoms with Gasteiger partial charge < -0.3 is 14.3 Å². The van der Waals surface area contributed by atoms with Gasteiger partial charge in [0.25, 0.3) is 0 Å². The molecule has 1 aliphatic heterocycles. The van der Waals surface area contributed by atoms with Gasteiger partial charge >= 0.3 is 0 Å². The molecule has 6 nitrogen and oxygen atoms in total. The maximum Gasteiger partial charge on any atom is 0.212 e. The number of nitrogens with one attached hydrogen (secondary N) is 1. The number of aliphatic imine (C=N–C) groups is 2. The van der Waals surface area contributed by atoms with Crippen LogP contribution in [-0.2, 0) is 0 Å². The van der Waals surface area contributed by atoms with Gasteiger partial charge in [0.1, 0.15) is 17.3 Å². The molecule has 0 aliphatic carbocycles. The second-order valence-corrected chi connectivity index (χ2v) is 12.7. The first-order valence-corrected chi connectivity index (χ1v) is 17.1. The molecule has 3 aromatic heterocycles. The first-order chi connectivity index (χ1) is 25.2. The Hall–Kier alpha value is -6.92. The highest BCUT2D eigenvalue weighted by Crippen LogP contribution is 2.40. The van der Waals surface area contributed by atoms with E-state index in [0.717, 1.165) is 77.5 Å². The summed E-state index contributed by atoms with van der Waals surface area (Å²) in [4.78, 5) is 10.6. The normalized spacial score (nSPS) is 14.5. The molecule has 0 fully saturated rings. The van der Waals surface area contributed by atoms with Gasteiger partial charge in [-0.05, 0) is 60.2 Å². The zero-order chi connectivity index (χ0) is 33.9. The molecule has 242 valence electrons. The van der Waals surface area contributed by atoms with E-state index in [1.807, 2.05) is 48.5 Å². The van der Waals surface area contributed by atoms with Gasteiger partial charge in [-0.15, -0.1) is 0 Å². The third kappa shape index (κ3) is 4.65. The summed E-state index contributed by atoms with van der Waals surface area (Å²) in [6.45, 7) is 4.32. The predicted molar refractivity (Wildman–Crippen MR) is 210 cm³/mol. The highest BCUT2D eigenvalue weighted by Gasteiger charge is 2.28. The zero-order valence-electron chi connectivity index (χ0n) is 27.6. The zero-order valence-corrected chi connectivity index (χ0v) is 27.6. The van der Waals surface area contributed by atoms with E-state index in [1.165, 1.54) is 0 Å². The molecule has 1 atom stereocenters. The van der Waals surface area contributed by atoms with Crippen LogP contribution in [0.15, 0.2) is 179 Å². The van der Waals surface area contributed by atoms with Gasteiger partial charge in [-0.1, -0.05) is 116 Å². The van der Waals surface area contributed by atoms with Crippen molar-refractivity contribution in [2.75, 3.05) is 0 Å². The second-order valence-electron chi connectivity index (χ2n) is 12.7. The molecule has 6 aromatic carbocycles. The van der Waals surface area contributed by atoms with E-state index in [0.29, 0.717) is 11.8 Å². The number of rotatable bonds is 5. The van der Waals surface area contributed by atoms with E-state index in [-0.39, 0.29) is 6.17 Å². The topological polar surface area (TPSA) is 59.8 Å². The number of benzene rings is 6. The summed E-state index contributed by atoms with van der Waals surface area (Å²) in [5, 5.41) is 8.07. The van der Waals surface area contributed by atoms with Crippen molar-refractivity contribution in [3.8, 4) is 17.1 Å². The molecule has 51 heavy (non-hydrogen) atoms. The number of aromatic nitrogens is 2. The standard InChI is InChI=1S/C45H31N5O/c1-2-33-34-20-10-13-23-38(34)49(32-18-7-4-8-19-32)42(33)39-28-30-17-9-12-22-37(30)50(39)45-47-43(29-15-5-3-6-16-29)46-44(48-45)31-25-26-41-36(27-31)35-21-11-14-24-40(35)51-41/h2-28,43H,1H2,(H,46,47,48). The number of hydrogen-bond donors (Lipinski definition) is 1. The van der Waals surface area contributed by atoms with Crippen LogP contribution in [-0.4, -0.2) is 20.9 Å². The Labute approximate surface area is 293 Å². The van der Waals surface area contributed by atoms with Crippen LogP contribution < -0.4 is 5.32 Å². The van der Waals surface area contributed by atoms with Crippen LogP contribution in [0.3, 0.4) is 0 Å². The van der Waals surface area contributed by atoms with Gasteiger partial charge in [0, 0.05) is 38.4 Å². The fraction of sp³-hybridized carbons (Fsp3) is 0.0222. The largest absolute Gasteiger partial charge is 0.456 e. The van der Waals surface area contributed by atoms with Crippen molar-refractivity contribution >= 4 is 61.6 Å². The molecule has 4 heterocycles. The summed E-state index contributed by atoms with van der Waals surface area (Å²) in [5.41, 5.74) is 9.93. The van der Waals surface area contributed by atoms with Crippen molar-refractivity contribution in [3.05, 3.63) is 181 Å². The van der Waals surface area contributed by atoms with Crippen molar-refractivity contribution in [1.29, 1.82) is 0 Å². The molecular formula is C45H31N5O. The van der Waals surface area contributed by atoms with Crippen molar-refractivity contribution in [2.24, 2.45) is 9.98 Å². The molecular weight excluding hydrogens is 627 g/mol. The molecule has 0 saturated carbocycles. The van der Waals surface area contributed by atoms with E-state index in [2.05, 4.69) is 136 Å². The molecule has 0 bridgehead atoms. The average molecular weight is 658 g/mol. The fourth-order valence-electron chi connectivity index (χ4n) is 7.48. The van der Waals surface area contributed by atoms with Crippen molar-refractivity contribution in [3.63, 3.8) is 0 Å². The Morgan fingerprint density at radius 1 is 0.627 bits per heavy atom. The quantitative estimate of drug-likeness (QED) is 0.200. The lowest BCUT2D eigenvalue weighted by atomic mass is 10.1. The fourth-order valence-corrected chi connectivity index (χ4v) is 7.48. The third-order valence-electron chi connectivity index (χ3n) is 9.78. The lowest BCUT2D eigenvalue weighted by molar-refractivity contribution is 0.660. The first kappa shape index (κ1) is 29.0. The molecule has 0 amide bonds. The van der Waals surface area contributed by atoms with Crippen LogP contribution in [0.25, 0.3) is 66.9 Å². The van der Waals surface area contributed by atoms with Gasteiger partial charge in [0.15, 0.2) is 5.84 Å². The minimum Gasteiger partial charge on any atom is -0.456 e. The van der Waals surface area contributed by atoms with Gasteiger partial charge in [-0.25, -0.2) is 4.99 Å². The lowest BCUT2D eigenvalue weighted by Gasteiger charge is -2.26. The van der Waals surface area contributed by atoms with E-state index >= 15 is 0 Å². The Balaban J connectivity index is 1.25. The van der Waals surface area contributed by atoms with Crippen LogP contribution in [0.1, 0.15) is 22.9 Å². The van der Waals surface area contributed by atoms with Crippen LogP contribution in [0.5, 0.6) is 0 Å². The van der Waals surface area contributed by atoms with E-state index < -0.39 is 0 Å². The minimum atomic E-state index is -0.377. The summed E-state index contributed by atoms with van der Waals surface area (Å²) < 4.78 is 10.7. The smallest absolute Gasteiger partial charge is 0.212 e. The van der Waals surface area contributed by atoms with E-state index in [9.17, 15) is 0 Å². The number of nitrogens with zero attached hydrogens (tertiary/aromatic N) is 4. The molecule has 0 saturated heterocycles. The Kier molecular flexibility index (Phi) is 6.61. The van der Waals surface area contributed by atoms with Crippen LogP contribution in [0.2, 0.25) is 0 Å². The van der Waals surface area contributed by atoms with Gasteiger partial charge in [0.2, 0.25) is 5.96 Å². The summed E-state index contributed by atoms with van der Waals surface area (Å²) >= 11 is 0. The Morgan fingerprint density at radius 3 is 2.14 bits per heavy atom. The number of hydrogen-bond acceptors (Lipinski definition) is 4. The number of para-hydroxylation sites is 4. The Morgan fingerprint density at radius 2 is 1.31 bits per heavy atom. The highest BCUT2D eigenvalue weighted by molar-refractivity contribution is 6.14. The molecule has 0 radical (unpaired) electrons. The average Bonchev–Trinajstić information content (AvgIpc) is 3.87. The molecule has 0 spiro atoms. The molecule has 6 heteroatoms. The maximum atomic E-state index is 6.17. The lowest BCUT2D eigenvalue weighted by Crippen LogP contribution is -2.38. The minimum absolute atomic E-state index is 0.377. The molecule has 1 aliphatic rings. The van der Waals surface area contributed by atoms with E-state index in [1.54, 1.807) is 0 Å². The number of amidine groups is 1. The van der Waals surface area contributed by atoms with Crippen molar-refractivity contribution < 1.29 is 4.42 Å². The maximum absolute atomic E-state index is 6.17. The van der Waals surface area contributed by atoms with Gasteiger partial charge in [-0.3, -0.25) is 4.57 Å². The molecule has 10 rings (SSSR count). The highest BCUT2D eigenvalue weighted by atomic mass is 16.3. The van der Waals surface area contributed by atoms with E-state index in [4.69, 9.17) is 14.4 Å². The molecule has 9 aromatic rings. The van der Waals surface area contributed by atoms with Crippen LogP contribution >= 0.6 is 0 Å².